The predicted molar refractivity (Wildman–Crippen MR) is 109 cm³/mol. The molecule has 0 radical (unpaired) electrons. The largest absolute Gasteiger partial charge is 0.493 e. The van der Waals surface area contributed by atoms with Gasteiger partial charge in [0.25, 0.3) is 11.8 Å². The molecule has 0 aromatic heterocycles. The van der Waals surface area contributed by atoms with Crippen LogP contribution in [0.15, 0.2) is 36.4 Å². The average Bonchev–Trinajstić information content (AvgIpc) is 2.77. The lowest BCUT2D eigenvalue weighted by Crippen LogP contribution is -2.36. The number of hydrogen-bond donors (Lipinski definition) is 1. The zero-order valence-electron chi connectivity index (χ0n) is 17.0. The Morgan fingerprint density at radius 2 is 1.59 bits per heavy atom. The van der Waals surface area contributed by atoms with Crippen LogP contribution in [0.1, 0.15) is 31.8 Å². The number of nitrogens with one attached hydrogen (secondary N) is 1. The van der Waals surface area contributed by atoms with Crippen molar-refractivity contribution in [3.63, 3.8) is 0 Å². The van der Waals surface area contributed by atoms with Gasteiger partial charge in [0.05, 0.1) is 20.8 Å². The smallest absolute Gasteiger partial charge is 0.254 e. The lowest BCUT2D eigenvalue weighted by molar-refractivity contribution is 0.0734. The van der Waals surface area contributed by atoms with E-state index >= 15 is 0 Å². The molecule has 2 aromatic carbocycles. The maximum Gasteiger partial charge on any atom is 0.254 e. The first-order chi connectivity index (χ1) is 14.1. The number of methoxy groups -OCH3 is 3. The van der Waals surface area contributed by atoms with Crippen molar-refractivity contribution in [3.8, 4) is 11.5 Å². The Kier molecular flexibility index (Phi) is 6.72. The van der Waals surface area contributed by atoms with Crippen LogP contribution in [0.2, 0.25) is 0 Å². The fourth-order valence-corrected chi connectivity index (χ4v) is 3.37. The fourth-order valence-electron chi connectivity index (χ4n) is 3.37. The average molecular weight is 398 g/mol. The Morgan fingerprint density at radius 1 is 0.966 bits per heavy atom. The van der Waals surface area contributed by atoms with Crippen LogP contribution in [0.25, 0.3) is 0 Å². The van der Waals surface area contributed by atoms with E-state index in [0.717, 1.165) is 17.5 Å². The molecule has 2 amide bonds. The first kappa shape index (κ1) is 20.7. The molecule has 0 unspecified atom stereocenters. The van der Waals surface area contributed by atoms with Crippen LogP contribution < -0.4 is 14.8 Å². The summed E-state index contributed by atoms with van der Waals surface area (Å²) in [5.41, 5.74) is 3.28. The van der Waals surface area contributed by atoms with Crippen LogP contribution in [0.4, 0.5) is 0 Å². The van der Waals surface area contributed by atoms with Crippen LogP contribution >= 0.6 is 0 Å². The molecule has 1 heterocycles. The summed E-state index contributed by atoms with van der Waals surface area (Å²) < 4.78 is 15.7. The highest BCUT2D eigenvalue weighted by Crippen LogP contribution is 2.33. The van der Waals surface area contributed by atoms with Crippen molar-refractivity contribution in [1.29, 1.82) is 0 Å². The third-order valence-corrected chi connectivity index (χ3v) is 4.99. The van der Waals surface area contributed by atoms with Crippen LogP contribution in [0.5, 0.6) is 11.5 Å². The Bertz CT molecular complexity index is 880. The molecular weight excluding hydrogens is 372 g/mol. The van der Waals surface area contributed by atoms with Gasteiger partial charge >= 0.3 is 0 Å². The highest BCUT2D eigenvalue weighted by Gasteiger charge is 2.24. The number of nitrogens with zero attached hydrogens (tertiary/aromatic N) is 1. The number of rotatable bonds is 7. The normalized spacial score (nSPS) is 12.9. The van der Waals surface area contributed by atoms with Crippen LogP contribution in [-0.2, 0) is 17.7 Å². The van der Waals surface area contributed by atoms with Crippen molar-refractivity contribution in [2.75, 3.05) is 41.0 Å². The number of benzene rings is 2. The van der Waals surface area contributed by atoms with E-state index in [4.69, 9.17) is 14.2 Å². The van der Waals surface area contributed by atoms with Gasteiger partial charge in [-0.1, -0.05) is 0 Å². The van der Waals surface area contributed by atoms with Gasteiger partial charge in [-0.3, -0.25) is 9.59 Å². The van der Waals surface area contributed by atoms with E-state index in [1.165, 1.54) is 0 Å². The van der Waals surface area contributed by atoms with Crippen molar-refractivity contribution in [1.82, 2.24) is 10.2 Å². The van der Waals surface area contributed by atoms with Crippen molar-refractivity contribution in [3.05, 3.63) is 58.7 Å². The first-order valence-corrected chi connectivity index (χ1v) is 9.47. The van der Waals surface area contributed by atoms with E-state index < -0.39 is 0 Å². The summed E-state index contributed by atoms with van der Waals surface area (Å²) in [5, 5.41) is 2.76. The van der Waals surface area contributed by atoms with Gasteiger partial charge in [-0.2, -0.15) is 0 Å². The van der Waals surface area contributed by atoms with Crippen LogP contribution in [0.3, 0.4) is 0 Å². The third kappa shape index (κ3) is 4.68. The Labute approximate surface area is 170 Å². The molecule has 0 saturated carbocycles. The summed E-state index contributed by atoms with van der Waals surface area (Å²) in [6.07, 6.45) is 0.751. The number of carbonyl (C=O) groups is 2. The van der Waals surface area contributed by atoms with E-state index in [1.54, 1.807) is 45.6 Å². The highest BCUT2D eigenvalue weighted by atomic mass is 16.5. The van der Waals surface area contributed by atoms with Gasteiger partial charge in [0.15, 0.2) is 11.5 Å². The topological polar surface area (TPSA) is 77.1 Å². The minimum atomic E-state index is -0.186. The monoisotopic (exact) mass is 398 g/mol. The number of amides is 2. The second-order valence-corrected chi connectivity index (χ2v) is 6.78. The molecule has 1 N–H and O–H groups in total. The second-order valence-electron chi connectivity index (χ2n) is 6.78. The molecule has 0 fully saturated rings. The number of carbonyl (C=O) groups excluding carboxylic acids is 2. The first-order valence-electron chi connectivity index (χ1n) is 9.47. The van der Waals surface area contributed by atoms with Crippen LogP contribution in [-0.4, -0.2) is 57.7 Å². The fraction of sp³-hybridized carbons (Fsp3) is 0.364. The summed E-state index contributed by atoms with van der Waals surface area (Å²) >= 11 is 0. The number of hydrogen-bond acceptors (Lipinski definition) is 5. The zero-order valence-corrected chi connectivity index (χ0v) is 17.0. The van der Waals surface area contributed by atoms with Crippen molar-refractivity contribution in [2.45, 2.75) is 13.0 Å². The maximum absolute atomic E-state index is 12.9. The predicted octanol–water partition coefficient (Wildman–Crippen LogP) is 2.28. The molecule has 1 aliphatic heterocycles. The van der Waals surface area contributed by atoms with Crippen molar-refractivity contribution >= 4 is 11.8 Å². The lowest BCUT2D eigenvalue weighted by Gasteiger charge is -2.29. The van der Waals surface area contributed by atoms with E-state index in [2.05, 4.69) is 5.32 Å². The zero-order chi connectivity index (χ0) is 20.8. The van der Waals surface area contributed by atoms with Gasteiger partial charge < -0.3 is 24.4 Å². The summed E-state index contributed by atoms with van der Waals surface area (Å²) in [6.45, 7) is 2.03. The molecule has 3 rings (SSSR count). The quantitative estimate of drug-likeness (QED) is 0.724. The van der Waals surface area contributed by atoms with Crippen molar-refractivity contribution < 1.29 is 23.8 Å². The maximum atomic E-state index is 12.9. The Hall–Kier alpha value is -3.06. The molecule has 0 spiro atoms. The van der Waals surface area contributed by atoms with Gasteiger partial charge in [-0.25, -0.2) is 0 Å². The molecule has 0 aliphatic carbocycles. The molecule has 7 heteroatoms. The number of ether oxygens (including phenoxy) is 3. The lowest BCUT2D eigenvalue weighted by atomic mass is 9.98. The van der Waals surface area contributed by atoms with Gasteiger partial charge in [0.1, 0.15) is 0 Å². The second kappa shape index (κ2) is 9.43. The standard InChI is InChI=1S/C22H26N2O5/c1-27-11-9-23-21(25)15-4-6-16(7-5-15)22(26)24-10-8-17-12-19(28-2)20(29-3)13-18(17)14-24/h4-7,12-13H,8-11,14H2,1-3H3,(H,23,25). The van der Waals surface area contributed by atoms with E-state index in [-0.39, 0.29) is 11.8 Å². The van der Waals surface area contributed by atoms with Crippen molar-refractivity contribution in [2.24, 2.45) is 0 Å². The third-order valence-electron chi connectivity index (χ3n) is 4.99. The summed E-state index contributed by atoms with van der Waals surface area (Å²) in [4.78, 5) is 26.8. The molecule has 2 aromatic rings. The van der Waals surface area contributed by atoms with Gasteiger partial charge in [0.2, 0.25) is 0 Å². The molecule has 1 aliphatic rings. The Morgan fingerprint density at radius 3 is 2.21 bits per heavy atom. The van der Waals surface area contributed by atoms with Gasteiger partial charge in [-0.05, 0) is 53.9 Å². The molecule has 0 atom stereocenters. The van der Waals surface area contributed by atoms with Gasteiger partial charge in [0, 0.05) is 37.9 Å². The molecular formula is C22H26N2O5. The van der Waals surface area contributed by atoms with E-state index in [1.807, 2.05) is 17.0 Å². The minimum Gasteiger partial charge on any atom is -0.493 e. The molecule has 0 saturated heterocycles. The molecule has 7 nitrogen and oxygen atoms in total. The van der Waals surface area contributed by atoms with Crippen LogP contribution in [0, 0.1) is 0 Å². The summed E-state index contributed by atoms with van der Waals surface area (Å²) in [6, 6.07) is 10.6. The van der Waals surface area contributed by atoms with E-state index in [0.29, 0.717) is 48.9 Å². The number of fused-ring (bicyclic) bond motifs is 1. The van der Waals surface area contributed by atoms with E-state index in [9.17, 15) is 9.59 Å². The highest BCUT2D eigenvalue weighted by molar-refractivity contribution is 5.97. The molecule has 154 valence electrons. The summed E-state index contributed by atoms with van der Waals surface area (Å²) in [7, 11) is 4.80. The SMILES string of the molecule is COCCNC(=O)c1ccc(C(=O)N2CCc3cc(OC)c(OC)cc3C2)cc1. The summed E-state index contributed by atoms with van der Waals surface area (Å²) in [5.74, 6) is 1.11. The molecule has 29 heavy (non-hydrogen) atoms. The molecule has 0 bridgehead atoms. The van der Waals surface area contributed by atoms with Gasteiger partial charge in [-0.15, -0.1) is 0 Å². The Balaban J connectivity index is 1.69. The minimum absolute atomic E-state index is 0.0585.